The molecule has 0 spiro atoms. The van der Waals surface area contributed by atoms with Crippen LogP contribution < -0.4 is 16.3 Å². The highest BCUT2D eigenvalue weighted by Crippen LogP contribution is 2.27. The van der Waals surface area contributed by atoms with Crippen LogP contribution in [0.15, 0.2) is 119 Å². The Hall–Kier alpha value is -5.63. The molecule has 0 aliphatic heterocycles. The molecule has 0 radical (unpaired) electrons. The summed E-state index contributed by atoms with van der Waals surface area (Å²) in [6.07, 6.45) is 1.61. The monoisotopic (exact) mass is 525 g/mol. The summed E-state index contributed by atoms with van der Waals surface area (Å²) in [6.45, 7) is 0. The molecular weight excluding hydrogens is 502 g/mol. The summed E-state index contributed by atoms with van der Waals surface area (Å²) in [5.74, 6) is -1.09. The van der Waals surface area contributed by atoms with E-state index in [4.69, 9.17) is 0 Å². The van der Waals surface area contributed by atoms with E-state index in [-0.39, 0.29) is 5.69 Å². The molecule has 0 bridgehead atoms. The third-order valence-electron chi connectivity index (χ3n) is 6.75. The number of nitrogens with zero attached hydrogens (tertiary/aromatic N) is 2. The first-order chi connectivity index (χ1) is 19.6. The normalized spacial score (nSPS) is 12.1. The number of benzene rings is 5. The number of hydrogen-bond donors (Lipinski definition) is 3. The van der Waals surface area contributed by atoms with Gasteiger partial charge in [0.05, 0.1) is 11.6 Å². The molecule has 0 aliphatic rings. The number of aromatic amines is 1. The summed E-state index contributed by atoms with van der Waals surface area (Å²) in [4.78, 5) is 39.1. The number of amides is 2. The van der Waals surface area contributed by atoms with E-state index in [1.165, 1.54) is 0 Å². The number of rotatable bonds is 6. The van der Waals surface area contributed by atoms with Gasteiger partial charge in [-0.25, -0.2) is 10.5 Å². The Kier molecular flexibility index (Phi) is 6.56. The molecule has 6 aromatic rings. The van der Waals surface area contributed by atoms with Crippen molar-refractivity contribution in [3.05, 3.63) is 136 Å². The van der Waals surface area contributed by atoms with Crippen molar-refractivity contribution in [2.75, 3.05) is 0 Å². The Morgan fingerprint density at radius 1 is 0.750 bits per heavy atom. The van der Waals surface area contributed by atoms with E-state index in [2.05, 4.69) is 32.1 Å². The van der Waals surface area contributed by atoms with Gasteiger partial charge in [-0.3, -0.25) is 14.4 Å². The second kappa shape index (κ2) is 10.6. The Balaban J connectivity index is 1.38. The molecule has 0 saturated heterocycles. The summed E-state index contributed by atoms with van der Waals surface area (Å²) >= 11 is 0. The van der Waals surface area contributed by atoms with Gasteiger partial charge in [-0.2, -0.15) is 10.2 Å². The maximum atomic E-state index is 13.6. The number of nitrogens with one attached hydrogen (secondary N) is 3. The first-order valence-electron chi connectivity index (χ1n) is 12.7. The zero-order valence-corrected chi connectivity index (χ0v) is 21.2. The number of hydrazone groups is 1. The highest BCUT2D eigenvalue weighted by atomic mass is 16.2. The molecule has 5 aromatic carbocycles. The van der Waals surface area contributed by atoms with Gasteiger partial charge in [0, 0.05) is 16.5 Å². The fourth-order valence-electron chi connectivity index (χ4n) is 4.83. The molecule has 3 N–H and O–H groups in total. The lowest BCUT2D eigenvalue weighted by Gasteiger charge is -2.18. The highest BCUT2D eigenvalue weighted by molar-refractivity contribution is 6.13. The van der Waals surface area contributed by atoms with Crippen molar-refractivity contribution in [3.8, 4) is 0 Å². The van der Waals surface area contributed by atoms with E-state index in [1.54, 1.807) is 60.8 Å². The zero-order chi connectivity index (χ0) is 27.5. The molecule has 0 unspecified atom stereocenters. The third-order valence-corrected chi connectivity index (χ3v) is 6.75. The van der Waals surface area contributed by atoms with Crippen LogP contribution in [0.3, 0.4) is 0 Å². The first kappa shape index (κ1) is 24.7. The van der Waals surface area contributed by atoms with Crippen molar-refractivity contribution < 1.29 is 9.59 Å². The molecule has 6 rings (SSSR count). The number of carbonyl (C=O) groups is 2. The summed E-state index contributed by atoms with van der Waals surface area (Å²) in [5, 5.41) is 18.5. The van der Waals surface area contributed by atoms with Crippen molar-refractivity contribution in [1.29, 1.82) is 0 Å². The van der Waals surface area contributed by atoms with Crippen LogP contribution in [0.4, 0.5) is 0 Å². The molecule has 194 valence electrons. The molecule has 2 amide bonds. The van der Waals surface area contributed by atoms with Crippen LogP contribution in [0, 0.1) is 0 Å². The minimum Gasteiger partial charge on any atom is -0.335 e. The molecule has 0 fully saturated rings. The van der Waals surface area contributed by atoms with Crippen molar-refractivity contribution in [2.24, 2.45) is 5.10 Å². The second-order valence-corrected chi connectivity index (χ2v) is 9.22. The quantitative estimate of drug-likeness (QED) is 0.164. The van der Waals surface area contributed by atoms with Crippen LogP contribution in [0.25, 0.3) is 32.3 Å². The van der Waals surface area contributed by atoms with Crippen LogP contribution in [-0.2, 0) is 4.79 Å². The molecule has 1 atom stereocenters. The van der Waals surface area contributed by atoms with Gasteiger partial charge in [0.1, 0.15) is 5.69 Å². The topological polar surface area (TPSA) is 116 Å². The lowest BCUT2D eigenvalue weighted by molar-refractivity contribution is -0.123. The average molecular weight is 526 g/mol. The molecule has 1 aromatic heterocycles. The van der Waals surface area contributed by atoms with E-state index in [0.29, 0.717) is 16.3 Å². The Morgan fingerprint density at radius 2 is 1.32 bits per heavy atom. The summed E-state index contributed by atoms with van der Waals surface area (Å²) in [6, 6.07) is 32.1. The number of fused-ring (bicyclic) bond motifs is 3. The minimum absolute atomic E-state index is 0.197. The largest absolute Gasteiger partial charge is 0.335 e. The van der Waals surface area contributed by atoms with Crippen molar-refractivity contribution in [2.45, 2.75) is 6.04 Å². The Bertz CT molecular complexity index is 1930. The van der Waals surface area contributed by atoms with Crippen LogP contribution in [0.1, 0.15) is 27.7 Å². The lowest BCUT2D eigenvalue weighted by atomic mass is 9.97. The maximum absolute atomic E-state index is 13.6. The highest BCUT2D eigenvalue weighted by Gasteiger charge is 2.27. The van der Waals surface area contributed by atoms with Gasteiger partial charge in [-0.15, -0.1) is 0 Å². The third kappa shape index (κ3) is 4.69. The van der Waals surface area contributed by atoms with E-state index in [0.717, 1.165) is 27.1 Å². The fourth-order valence-corrected chi connectivity index (χ4v) is 4.83. The van der Waals surface area contributed by atoms with E-state index < -0.39 is 23.4 Å². The fraction of sp³-hybridized carbons (Fsp3) is 0.0312. The van der Waals surface area contributed by atoms with Gasteiger partial charge in [0.2, 0.25) is 0 Å². The smallest absolute Gasteiger partial charge is 0.272 e. The molecule has 0 aliphatic carbocycles. The van der Waals surface area contributed by atoms with Gasteiger partial charge < -0.3 is 5.32 Å². The second-order valence-electron chi connectivity index (χ2n) is 9.22. The SMILES string of the molecule is O=C(N[C@@H](C(=O)N/N=C\c1c2ccccc2cc2ccccc12)c1n[nH]c(=O)c2ccccc12)c1ccccc1. The van der Waals surface area contributed by atoms with E-state index in [9.17, 15) is 14.4 Å². The van der Waals surface area contributed by atoms with Crippen molar-refractivity contribution in [1.82, 2.24) is 20.9 Å². The van der Waals surface area contributed by atoms with E-state index >= 15 is 0 Å². The van der Waals surface area contributed by atoms with Crippen molar-refractivity contribution >= 4 is 50.3 Å². The molecule has 0 saturated carbocycles. The first-order valence-corrected chi connectivity index (χ1v) is 12.7. The van der Waals surface area contributed by atoms with Gasteiger partial charge in [0.15, 0.2) is 6.04 Å². The van der Waals surface area contributed by atoms with Gasteiger partial charge in [-0.05, 0) is 45.8 Å². The van der Waals surface area contributed by atoms with E-state index in [1.807, 2.05) is 48.5 Å². The number of H-pyrrole nitrogens is 1. The molecule has 8 nitrogen and oxygen atoms in total. The average Bonchev–Trinajstić information content (AvgIpc) is 3.00. The van der Waals surface area contributed by atoms with Crippen LogP contribution >= 0.6 is 0 Å². The molecular formula is C32H23N5O3. The maximum Gasteiger partial charge on any atom is 0.272 e. The summed E-state index contributed by atoms with van der Waals surface area (Å²) < 4.78 is 0. The summed E-state index contributed by atoms with van der Waals surface area (Å²) in [7, 11) is 0. The molecule has 8 heteroatoms. The van der Waals surface area contributed by atoms with Crippen LogP contribution in [0.5, 0.6) is 0 Å². The minimum atomic E-state index is -1.24. The van der Waals surface area contributed by atoms with Gasteiger partial charge >= 0.3 is 0 Å². The number of hydrogen-bond acceptors (Lipinski definition) is 5. The standard InChI is InChI=1S/C32H23N5O3/c38-30(20-10-2-1-3-11-20)34-29(28-25-16-8-9-17-26(25)31(39)37-35-28)32(40)36-33-19-27-23-14-6-4-12-21(23)18-22-13-5-7-15-24(22)27/h1-19,29H,(H,34,38)(H,36,40)(H,37,39)/b33-19-/t29-/m1/s1. The van der Waals surface area contributed by atoms with Gasteiger partial charge in [0.25, 0.3) is 17.4 Å². The Morgan fingerprint density at radius 3 is 2.00 bits per heavy atom. The van der Waals surface area contributed by atoms with Crippen LogP contribution in [0.2, 0.25) is 0 Å². The van der Waals surface area contributed by atoms with Crippen LogP contribution in [-0.4, -0.2) is 28.2 Å². The molecule has 40 heavy (non-hydrogen) atoms. The summed E-state index contributed by atoms with van der Waals surface area (Å²) in [5.41, 5.74) is 3.61. The lowest BCUT2D eigenvalue weighted by Crippen LogP contribution is -2.40. The zero-order valence-electron chi connectivity index (χ0n) is 21.2. The molecule has 1 heterocycles. The number of carbonyl (C=O) groups excluding carboxylic acids is 2. The van der Waals surface area contributed by atoms with Gasteiger partial charge in [-0.1, -0.05) is 84.9 Å². The Labute approximate surface area is 228 Å². The number of aromatic nitrogens is 2. The predicted molar refractivity (Wildman–Crippen MR) is 156 cm³/mol. The van der Waals surface area contributed by atoms with Crippen molar-refractivity contribution in [3.63, 3.8) is 0 Å². The predicted octanol–water partition coefficient (Wildman–Crippen LogP) is 4.85.